The van der Waals surface area contributed by atoms with Crippen LogP contribution in [0.2, 0.25) is 0 Å². The summed E-state index contributed by atoms with van der Waals surface area (Å²) in [6.45, 7) is 1.88. The van der Waals surface area contributed by atoms with E-state index in [0.29, 0.717) is 6.42 Å². The van der Waals surface area contributed by atoms with E-state index in [1.54, 1.807) is 0 Å². The summed E-state index contributed by atoms with van der Waals surface area (Å²) >= 11 is 0. The van der Waals surface area contributed by atoms with Gasteiger partial charge in [-0.3, -0.25) is 4.79 Å². The van der Waals surface area contributed by atoms with Crippen LogP contribution in [-0.4, -0.2) is 34.0 Å². The molecule has 4 heteroatoms. The Morgan fingerprint density at radius 1 is 0.880 bits per heavy atom. The van der Waals surface area contributed by atoms with Gasteiger partial charge in [0.2, 0.25) is 0 Å². The van der Waals surface area contributed by atoms with Crippen LogP contribution in [0.4, 0.5) is 0 Å². The average Bonchev–Trinajstić information content (AvgIpc) is 2.60. The van der Waals surface area contributed by atoms with E-state index in [-0.39, 0.29) is 13.0 Å². The van der Waals surface area contributed by atoms with Crippen LogP contribution in [0.1, 0.15) is 96.8 Å². The molecule has 2 unspecified atom stereocenters. The molecule has 0 saturated carbocycles. The standard InChI is InChI=1S/C21H40O4/c1-2-3-4-5-6-7-8-9-10-11-12-13-14-15-16-19(21(24)25)17-20(23)18-22/h9-10,19-20,22-23H,2-8,11-18H2,1H3,(H,24,25). The SMILES string of the molecule is CCCCCCCCC=CCCCCCCC(CC(O)CO)C(=O)O. The van der Waals surface area contributed by atoms with Crippen molar-refractivity contribution in [2.75, 3.05) is 6.61 Å². The summed E-state index contributed by atoms with van der Waals surface area (Å²) < 4.78 is 0. The molecule has 0 aliphatic heterocycles. The predicted molar refractivity (Wildman–Crippen MR) is 104 cm³/mol. The van der Waals surface area contributed by atoms with E-state index in [1.165, 1.54) is 44.9 Å². The molecule has 0 rings (SSSR count). The van der Waals surface area contributed by atoms with Crippen molar-refractivity contribution in [3.05, 3.63) is 12.2 Å². The number of allylic oxidation sites excluding steroid dienone is 2. The molecule has 0 aromatic carbocycles. The van der Waals surface area contributed by atoms with Crippen LogP contribution >= 0.6 is 0 Å². The quantitative estimate of drug-likeness (QED) is 0.236. The number of aliphatic hydroxyl groups excluding tert-OH is 2. The molecule has 25 heavy (non-hydrogen) atoms. The summed E-state index contributed by atoms with van der Waals surface area (Å²) in [7, 11) is 0. The Kier molecular flexibility index (Phi) is 17.3. The Balaban J connectivity index is 3.47. The third kappa shape index (κ3) is 16.4. The highest BCUT2D eigenvalue weighted by Gasteiger charge is 2.20. The number of carboxylic acid groups (broad SMARTS) is 1. The number of carboxylic acids is 1. The Labute approximate surface area is 154 Å². The minimum absolute atomic E-state index is 0.146. The van der Waals surface area contributed by atoms with Crippen LogP contribution < -0.4 is 0 Å². The molecule has 0 heterocycles. The lowest BCUT2D eigenvalue weighted by atomic mass is 9.95. The molecule has 0 radical (unpaired) electrons. The summed E-state index contributed by atoms with van der Waals surface area (Å²) in [5, 5.41) is 27.3. The van der Waals surface area contributed by atoms with E-state index < -0.39 is 18.0 Å². The van der Waals surface area contributed by atoms with Gasteiger partial charge in [0.05, 0.1) is 18.6 Å². The zero-order chi connectivity index (χ0) is 18.8. The topological polar surface area (TPSA) is 77.8 Å². The molecular weight excluding hydrogens is 316 g/mol. The second-order valence-electron chi connectivity index (χ2n) is 7.13. The molecule has 0 fully saturated rings. The number of unbranched alkanes of at least 4 members (excludes halogenated alkanes) is 10. The van der Waals surface area contributed by atoms with Gasteiger partial charge in [0.25, 0.3) is 0 Å². The van der Waals surface area contributed by atoms with Crippen LogP contribution in [0.3, 0.4) is 0 Å². The maximum Gasteiger partial charge on any atom is 0.306 e. The molecule has 2 atom stereocenters. The van der Waals surface area contributed by atoms with Crippen molar-refractivity contribution in [2.45, 2.75) is 103 Å². The van der Waals surface area contributed by atoms with Crippen molar-refractivity contribution in [3.8, 4) is 0 Å². The highest BCUT2D eigenvalue weighted by molar-refractivity contribution is 5.69. The summed E-state index contributed by atoms with van der Waals surface area (Å²) in [5.74, 6) is -1.41. The summed E-state index contributed by atoms with van der Waals surface area (Å²) in [4.78, 5) is 11.1. The largest absolute Gasteiger partial charge is 0.481 e. The number of aliphatic hydroxyl groups is 2. The fraction of sp³-hybridized carbons (Fsp3) is 0.857. The molecule has 0 aliphatic carbocycles. The Bertz CT molecular complexity index is 328. The van der Waals surface area contributed by atoms with Gasteiger partial charge in [-0.1, -0.05) is 70.4 Å². The van der Waals surface area contributed by atoms with E-state index in [4.69, 9.17) is 10.2 Å². The summed E-state index contributed by atoms with van der Waals surface area (Å²) in [5.41, 5.74) is 0. The van der Waals surface area contributed by atoms with Crippen molar-refractivity contribution in [1.82, 2.24) is 0 Å². The van der Waals surface area contributed by atoms with E-state index in [1.807, 2.05) is 0 Å². The van der Waals surface area contributed by atoms with Crippen LogP contribution in [0.15, 0.2) is 12.2 Å². The highest BCUT2D eigenvalue weighted by Crippen LogP contribution is 2.17. The van der Waals surface area contributed by atoms with Crippen molar-refractivity contribution in [1.29, 1.82) is 0 Å². The lowest BCUT2D eigenvalue weighted by Crippen LogP contribution is -2.23. The fourth-order valence-electron chi connectivity index (χ4n) is 3.03. The number of hydrogen-bond donors (Lipinski definition) is 3. The first kappa shape index (κ1) is 24.1. The van der Waals surface area contributed by atoms with Gasteiger partial charge in [-0.25, -0.2) is 0 Å². The van der Waals surface area contributed by atoms with Crippen LogP contribution in [0.25, 0.3) is 0 Å². The van der Waals surface area contributed by atoms with Crippen molar-refractivity contribution >= 4 is 5.97 Å². The van der Waals surface area contributed by atoms with Crippen molar-refractivity contribution in [2.24, 2.45) is 5.92 Å². The average molecular weight is 357 g/mol. The first-order chi connectivity index (χ1) is 12.1. The molecule has 0 bridgehead atoms. The molecular formula is C21H40O4. The van der Waals surface area contributed by atoms with Crippen LogP contribution in [0.5, 0.6) is 0 Å². The molecule has 0 spiro atoms. The third-order valence-corrected chi connectivity index (χ3v) is 4.68. The van der Waals surface area contributed by atoms with E-state index in [0.717, 1.165) is 32.1 Å². The zero-order valence-electron chi connectivity index (χ0n) is 16.2. The lowest BCUT2D eigenvalue weighted by Gasteiger charge is -2.14. The molecule has 0 aromatic rings. The van der Waals surface area contributed by atoms with Gasteiger partial charge in [0, 0.05) is 0 Å². The summed E-state index contributed by atoms with van der Waals surface area (Å²) in [6, 6.07) is 0. The first-order valence-electron chi connectivity index (χ1n) is 10.3. The lowest BCUT2D eigenvalue weighted by molar-refractivity contribution is -0.143. The van der Waals surface area contributed by atoms with Gasteiger partial charge in [0.15, 0.2) is 0 Å². The monoisotopic (exact) mass is 356 g/mol. The normalized spacial score (nSPS) is 14.0. The molecule has 148 valence electrons. The Hall–Kier alpha value is -0.870. The van der Waals surface area contributed by atoms with Gasteiger partial charge >= 0.3 is 5.97 Å². The second kappa shape index (κ2) is 17.9. The molecule has 0 aromatic heterocycles. The molecule has 0 saturated heterocycles. The molecule has 0 amide bonds. The smallest absolute Gasteiger partial charge is 0.306 e. The Morgan fingerprint density at radius 3 is 1.92 bits per heavy atom. The first-order valence-corrected chi connectivity index (χ1v) is 10.3. The Morgan fingerprint density at radius 2 is 1.40 bits per heavy atom. The predicted octanol–water partition coefficient (Wildman–Crippen LogP) is 5.08. The number of carbonyl (C=O) groups is 1. The number of rotatable bonds is 18. The van der Waals surface area contributed by atoms with Gasteiger partial charge in [-0.05, 0) is 38.5 Å². The third-order valence-electron chi connectivity index (χ3n) is 4.68. The maximum atomic E-state index is 11.1. The van der Waals surface area contributed by atoms with Gasteiger partial charge in [-0.2, -0.15) is 0 Å². The number of aliphatic carboxylic acids is 1. The highest BCUT2D eigenvalue weighted by atomic mass is 16.4. The minimum Gasteiger partial charge on any atom is -0.481 e. The van der Waals surface area contributed by atoms with Gasteiger partial charge in [0.1, 0.15) is 0 Å². The maximum absolute atomic E-state index is 11.1. The molecule has 4 nitrogen and oxygen atoms in total. The second-order valence-corrected chi connectivity index (χ2v) is 7.13. The summed E-state index contributed by atoms with van der Waals surface area (Å²) in [6.07, 6.45) is 19.0. The minimum atomic E-state index is -0.919. The van der Waals surface area contributed by atoms with Gasteiger partial charge < -0.3 is 15.3 Å². The van der Waals surface area contributed by atoms with Crippen molar-refractivity contribution < 1.29 is 20.1 Å². The molecule has 3 N–H and O–H groups in total. The zero-order valence-corrected chi connectivity index (χ0v) is 16.2. The van der Waals surface area contributed by atoms with E-state index in [9.17, 15) is 9.90 Å². The fourth-order valence-corrected chi connectivity index (χ4v) is 3.03. The van der Waals surface area contributed by atoms with Crippen molar-refractivity contribution in [3.63, 3.8) is 0 Å². The van der Waals surface area contributed by atoms with Gasteiger partial charge in [-0.15, -0.1) is 0 Å². The number of hydrogen-bond acceptors (Lipinski definition) is 3. The van der Waals surface area contributed by atoms with E-state index in [2.05, 4.69) is 19.1 Å². The molecule has 0 aliphatic rings. The van der Waals surface area contributed by atoms with E-state index >= 15 is 0 Å². The van der Waals surface area contributed by atoms with Crippen LogP contribution in [0, 0.1) is 5.92 Å². The van der Waals surface area contributed by atoms with Crippen LogP contribution in [-0.2, 0) is 4.79 Å².